The largest absolute Gasteiger partial charge is 0.398 e. The van der Waals surface area contributed by atoms with Crippen LogP contribution < -0.4 is 5.73 Å². The van der Waals surface area contributed by atoms with Gasteiger partial charge in [-0.25, -0.2) is 0 Å². The van der Waals surface area contributed by atoms with Crippen molar-refractivity contribution in [1.82, 2.24) is 4.90 Å². The first-order valence-electron chi connectivity index (χ1n) is 5.99. The van der Waals surface area contributed by atoms with Crippen molar-refractivity contribution < 1.29 is 4.79 Å². The van der Waals surface area contributed by atoms with Crippen LogP contribution in [0.5, 0.6) is 0 Å². The lowest BCUT2D eigenvalue weighted by molar-refractivity contribution is -0.127. The summed E-state index contributed by atoms with van der Waals surface area (Å²) in [7, 11) is 1.82. The van der Waals surface area contributed by atoms with Crippen LogP contribution in [-0.4, -0.2) is 23.6 Å². The van der Waals surface area contributed by atoms with E-state index in [-0.39, 0.29) is 5.91 Å². The number of anilines is 1. The van der Waals surface area contributed by atoms with Crippen LogP contribution in [0.15, 0.2) is 44.4 Å². The summed E-state index contributed by atoms with van der Waals surface area (Å²) in [5, 5.41) is 4.08. The third-order valence-electron chi connectivity index (χ3n) is 2.75. The van der Waals surface area contributed by atoms with E-state index in [1.807, 2.05) is 36.7 Å². The van der Waals surface area contributed by atoms with Gasteiger partial charge >= 0.3 is 0 Å². The van der Waals surface area contributed by atoms with Crippen molar-refractivity contribution in [2.24, 2.45) is 0 Å². The first-order chi connectivity index (χ1) is 9.56. The Balaban J connectivity index is 1.88. The number of carbonyl (C=O) groups is 1. The van der Waals surface area contributed by atoms with Crippen molar-refractivity contribution in [3.63, 3.8) is 0 Å². The zero-order valence-electron chi connectivity index (χ0n) is 11.0. The number of hydrogen-bond acceptors (Lipinski definition) is 4. The quantitative estimate of drug-likeness (QED) is 0.642. The van der Waals surface area contributed by atoms with Gasteiger partial charge in [0, 0.05) is 28.6 Å². The van der Waals surface area contributed by atoms with E-state index in [4.69, 9.17) is 5.73 Å². The van der Waals surface area contributed by atoms with Crippen molar-refractivity contribution in [3.05, 3.63) is 45.1 Å². The molecule has 0 fully saturated rings. The van der Waals surface area contributed by atoms with E-state index >= 15 is 0 Å². The van der Waals surface area contributed by atoms with Crippen molar-refractivity contribution in [1.29, 1.82) is 0 Å². The highest BCUT2D eigenvalue weighted by Crippen LogP contribution is 2.28. The molecule has 2 rings (SSSR count). The number of nitrogen functional groups attached to an aromatic ring is 1. The predicted molar refractivity (Wildman–Crippen MR) is 90.1 cm³/mol. The van der Waals surface area contributed by atoms with E-state index in [2.05, 4.69) is 21.3 Å². The molecule has 1 aromatic heterocycles. The molecular weight excluding hydrogens is 356 g/mol. The molecule has 2 N–H and O–H groups in total. The minimum absolute atomic E-state index is 0.100. The molecule has 0 aliphatic heterocycles. The van der Waals surface area contributed by atoms with E-state index < -0.39 is 0 Å². The highest BCUT2D eigenvalue weighted by Gasteiger charge is 2.11. The molecule has 2 aromatic rings. The van der Waals surface area contributed by atoms with Crippen LogP contribution in [0.3, 0.4) is 0 Å². The Morgan fingerprint density at radius 1 is 1.45 bits per heavy atom. The Morgan fingerprint density at radius 3 is 2.90 bits per heavy atom. The number of carbonyl (C=O) groups excluding carboxylic acids is 1. The Hall–Kier alpha value is -0.980. The zero-order valence-corrected chi connectivity index (χ0v) is 14.2. The number of thioether (sulfide) groups is 1. The second-order valence-electron chi connectivity index (χ2n) is 4.35. The molecule has 6 heteroatoms. The van der Waals surface area contributed by atoms with Crippen LogP contribution in [0, 0.1) is 0 Å². The highest BCUT2D eigenvalue weighted by molar-refractivity contribution is 9.10. The van der Waals surface area contributed by atoms with Crippen molar-refractivity contribution >= 4 is 50.6 Å². The molecule has 0 unspecified atom stereocenters. The molecule has 0 saturated heterocycles. The van der Waals surface area contributed by atoms with Gasteiger partial charge in [0.25, 0.3) is 0 Å². The summed E-state index contributed by atoms with van der Waals surface area (Å²) in [5.74, 6) is 0.496. The van der Waals surface area contributed by atoms with Gasteiger partial charge in [-0.2, -0.15) is 11.3 Å². The third kappa shape index (κ3) is 4.26. The molecule has 20 heavy (non-hydrogen) atoms. The zero-order chi connectivity index (χ0) is 14.5. The molecule has 0 radical (unpaired) electrons. The number of halogens is 1. The lowest BCUT2D eigenvalue weighted by Gasteiger charge is -2.16. The normalized spacial score (nSPS) is 10.5. The highest BCUT2D eigenvalue weighted by atomic mass is 79.9. The molecule has 1 aromatic carbocycles. The fourth-order valence-corrected chi connectivity index (χ4v) is 3.57. The second-order valence-corrected chi connectivity index (χ2v) is 7.07. The minimum atomic E-state index is 0.100. The Morgan fingerprint density at radius 2 is 2.25 bits per heavy atom. The standard InChI is InChI=1S/C14H15BrN2OS2/c1-17(7-10-4-5-19-8-10)14(18)9-20-13-3-2-11(15)6-12(13)16/h2-6,8H,7,9,16H2,1H3. The Labute approximate surface area is 135 Å². The summed E-state index contributed by atoms with van der Waals surface area (Å²) in [4.78, 5) is 14.8. The lowest BCUT2D eigenvalue weighted by Crippen LogP contribution is -2.27. The van der Waals surface area contributed by atoms with E-state index in [1.54, 1.807) is 16.2 Å². The smallest absolute Gasteiger partial charge is 0.232 e. The molecule has 0 bridgehead atoms. The SMILES string of the molecule is CN(Cc1ccsc1)C(=O)CSc1ccc(Br)cc1N. The summed E-state index contributed by atoms with van der Waals surface area (Å²) in [6.45, 7) is 0.652. The number of hydrogen-bond donors (Lipinski definition) is 1. The topological polar surface area (TPSA) is 46.3 Å². The summed E-state index contributed by atoms with van der Waals surface area (Å²) in [5.41, 5.74) is 7.78. The summed E-state index contributed by atoms with van der Waals surface area (Å²) < 4.78 is 0.945. The maximum Gasteiger partial charge on any atom is 0.232 e. The molecule has 106 valence electrons. The fourth-order valence-electron chi connectivity index (χ4n) is 1.65. The van der Waals surface area contributed by atoms with Crippen LogP contribution >= 0.6 is 39.0 Å². The molecule has 0 aliphatic carbocycles. The molecule has 0 spiro atoms. The summed E-state index contributed by atoms with van der Waals surface area (Å²) in [6.07, 6.45) is 0. The van der Waals surface area contributed by atoms with E-state index in [0.29, 0.717) is 18.0 Å². The van der Waals surface area contributed by atoms with Crippen LogP contribution in [0.2, 0.25) is 0 Å². The van der Waals surface area contributed by atoms with Crippen molar-refractivity contribution in [3.8, 4) is 0 Å². The van der Waals surface area contributed by atoms with Gasteiger partial charge in [0.05, 0.1) is 5.75 Å². The molecule has 1 heterocycles. The van der Waals surface area contributed by atoms with E-state index in [9.17, 15) is 4.79 Å². The number of benzene rings is 1. The summed E-state index contributed by atoms with van der Waals surface area (Å²) >= 11 is 6.48. The van der Waals surface area contributed by atoms with Crippen LogP contribution in [0.1, 0.15) is 5.56 Å². The number of nitrogens with two attached hydrogens (primary N) is 1. The monoisotopic (exact) mass is 370 g/mol. The molecule has 3 nitrogen and oxygen atoms in total. The van der Waals surface area contributed by atoms with Gasteiger partial charge in [-0.1, -0.05) is 15.9 Å². The number of amides is 1. The molecule has 1 amide bonds. The van der Waals surface area contributed by atoms with Gasteiger partial charge in [-0.15, -0.1) is 11.8 Å². The first kappa shape index (κ1) is 15.4. The van der Waals surface area contributed by atoms with Crippen molar-refractivity contribution in [2.75, 3.05) is 18.5 Å². The number of nitrogens with zero attached hydrogens (tertiary/aromatic N) is 1. The molecule has 0 saturated carbocycles. The fraction of sp³-hybridized carbons (Fsp3) is 0.214. The van der Waals surface area contributed by atoms with Crippen LogP contribution in [0.25, 0.3) is 0 Å². The molecule has 0 atom stereocenters. The van der Waals surface area contributed by atoms with Gasteiger partial charge in [-0.3, -0.25) is 4.79 Å². The second kappa shape index (κ2) is 7.15. The summed E-state index contributed by atoms with van der Waals surface area (Å²) in [6, 6.07) is 7.74. The number of thiophene rings is 1. The average molecular weight is 371 g/mol. The van der Waals surface area contributed by atoms with Gasteiger partial charge in [0.2, 0.25) is 5.91 Å². The maximum absolute atomic E-state index is 12.1. The van der Waals surface area contributed by atoms with Gasteiger partial charge in [0.1, 0.15) is 0 Å². The van der Waals surface area contributed by atoms with E-state index in [0.717, 1.165) is 9.37 Å². The van der Waals surface area contributed by atoms with Gasteiger partial charge in [0.15, 0.2) is 0 Å². The van der Waals surface area contributed by atoms with Crippen LogP contribution in [0.4, 0.5) is 5.69 Å². The van der Waals surface area contributed by atoms with Crippen molar-refractivity contribution in [2.45, 2.75) is 11.4 Å². The molecule has 0 aliphatic rings. The Kier molecular flexibility index (Phi) is 5.51. The maximum atomic E-state index is 12.1. The van der Waals surface area contributed by atoms with Gasteiger partial charge < -0.3 is 10.6 Å². The van der Waals surface area contributed by atoms with Crippen LogP contribution in [-0.2, 0) is 11.3 Å². The average Bonchev–Trinajstić information content (AvgIpc) is 2.90. The Bertz CT molecular complexity index is 587. The number of rotatable bonds is 5. The molecular formula is C14H15BrN2OS2. The van der Waals surface area contributed by atoms with E-state index in [1.165, 1.54) is 17.3 Å². The lowest BCUT2D eigenvalue weighted by atomic mass is 10.3. The first-order valence-corrected chi connectivity index (χ1v) is 8.71. The predicted octanol–water partition coefficient (Wildman–Crippen LogP) is 3.84. The third-order valence-corrected chi connectivity index (χ3v) is 5.05. The van der Waals surface area contributed by atoms with Gasteiger partial charge in [-0.05, 0) is 40.6 Å². The minimum Gasteiger partial charge on any atom is -0.398 e.